The smallest absolute Gasteiger partial charge is 0.418 e. The van der Waals surface area contributed by atoms with E-state index in [1.54, 1.807) is 0 Å². The molecule has 0 aliphatic carbocycles. The Bertz CT molecular complexity index is 1060. The third-order valence-electron chi connectivity index (χ3n) is 3.62. The molecule has 0 bridgehead atoms. The molecular formula is C16H14F3N3O6S. The molecule has 1 amide bonds. The van der Waals surface area contributed by atoms with Crippen molar-refractivity contribution < 1.29 is 36.0 Å². The van der Waals surface area contributed by atoms with Crippen LogP contribution >= 0.6 is 0 Å². The molecule has 0 aliphatic rings. The second-order valence-electron chi connectivity index (χ2n) is 5.72. The molecule has 0 aliphatic heterocycles. The fourth-order valence-electron chi connectivity index (χ4n) is 2.23. The number of ether oxygens (including phenoxy) is 1. The van der Waals surface area contributed by atoms with Crippen molar-refractivity contribution in [3.05, 3.63) is 58.1 Å². The average molecular weight is 433 g/mol. The van der Waals surface area contributed by atoms with Gasteiger partial charge in [-0.2, -0.15) is 13.2 Å². The van der Waals surface area contributed by atoms with E-state index in [0.29, 0.717) is 6.07 Å². The molecule has 156 valence electrons. The van der Waals surface area contributed by atoms with E-state index in [1.165, 1.54) is 6.07 Å². The first-order chi connectivity index (χ1) is 13.3. The lowest BCUT2D eigenvalue weighted by molar-refractivity contribution is -0.386. The van der Waals surface area contributed by atoms with Crippen molar-refractivity contribution in [3.63, 3.8) is 0 Å². The minimum atomic E-state index is -4.71. The van der Waals surface area contributed by atoms with Gasteiger partial charge in [-0.3, -0.25) is 14.9 Å². The Morgan fingerprint density at radius 2 is 1.86 bits per heavy atom. The third-order valence-corrected chi connectivity index (χ3v) is 4.53. The van der Waals surface area contributed by atoms with E-state index in [0.717, 1.165) is 37.3 Å². The number of sulfonamides is 1. The lowest BCUT2D eigenvalue weighted by atomic mass is 10.1. The Balaban J connectivity index is 2.26. The SMILES string of the molecule is C[C@H](Oc1ccc(S(N)(=O)=O)cc1[N+](=O)[O-])C(=O)Nc1ccccc1C(F)(F)F. The fourth-order valence-corrected chi connectivity index (χ4v) is 2.77. The lowest BCUT2D eigenvalue weighted by Crippen LogP contribution is -2.31. The van der Waals surface area contributed by atoms with Crippen LogP contribution in [0.15, 0.2) is 47.4 Å². The van der Waals surface area contributed by atoms with E-state index < -0.39 is 60.7 Å². The first-order valence-electron chi connectivity index (χ1n) is 7.75. The first kappa shape index (κ1) is 22.1. The number of primary sulfonamides is 1. The van der Waals surface area contributed by atoms with Crippen LogP contribution < -0.4 is 15.2 Å². The van der Waals surface area contributed by atoms with Crippen LogP contribution in [0.2, 0.25) is 0 Å². The summed E-state index contributed by atoms with van der Waals surface area (Å²) in [5.41, 5.74) is -2.38. The molecule has 2 rings (SSSR count). The summed E-state index contributed by atoms with van der Waals surface area (Å²) in [6, 6.07) is 6.75. The monoisotopic (exact) mass is 433 g/mol. The number of carbonyl (C=O) groups is 1. The van der Waals surface area contributed by atoms with Gasteiger partial charge in [-0.1, -0.05) is 12.1 Å². The summed E-state index contributed by atoms with van der Waals surface area (Å²) in [6.07, 6.45) is -6.16. The lowest BCUT2D eigenvalue weighted by Gasteiger charge is -2.17. The number of hydrogen-bond acceptors (Lipinski definition) is 6. The molecule has 2 aromatic carbocycles. The molecule has 0 aromatic heterocycles. The van der Waals surface area contributed by atoms with Crippen LogP contribution in [0.3, 0.4) is 0 Å². The van der Waals surface area contributed by atoms with E-state index in [4.69, 9.17) is 9.88 Å². The zero-order valence-corrected chi connectivity index (χ0v) is 15.5. The van der Waals surface area contributed by atoms with Crippen LogP contribution in [-0.4, -0.2) is 25.4 Å². The third kappa shape index (κ3) is 5.42. The fraction of sp³-hybridized carbons (Fsp3) is 0.188. The first-order valence-corrected chi connectivity index (χ1v) is 9.30. The van der Waals surface area contributed by atoms with Crippen molar-refractivity contribution in [2.75, 3.05) is 5.32 Å². The largest absolute Gasteiger partial charge is 0.474 e. The highest BCUT2D eigenvalue weighted by molar-refractivity contribution is 7.89. The Kier molecular flexibility index (Phi) is 6.13. The summed E-state index contributed by atoms with van der Waals surface area (Å²) in [4.78, 5) is 21.9. The van der Waals surface area contributed by atoms with Crippen LogP contribution in [0.1, 0.15) is 12.5 Å². The van der Waals surface area contributed by atoms with Crippen molar-refractivity contribution in [1.82, 2.24) is 0 Å². The number of rotatable bonds is 6. The van der Waals surface area contributed by atoms with Crippen molar-refractivity contribution in [3.8, 4) is 5.75 Å². The van der Waals surface area contributed by atoms with Gasteiger partial charge in [0.05, 0.1) is 21.1 Å². The van der Waals surface area contributed by atoms with Crippen molar-refractivity contribution in [1.29, 1.82) is 0 Å². The number of alkyl halides is 3. The molecule has 0 spiro atoms. The van der Waals surface area contributed by atoms with Gasteiger partial charge in [0.15, 0.2) is 11.9 Å². The number of nitrogens with one attached hydrogen (secondary N) is 1. The number of para-hydroxylation sites is 1. The summed E-state index contributed by atoms with van der Waals surface area (Å²) < 4.78 is 66.8. The number of nitro benzene ring substituents is 1. The maximum atomic E-state index is 13.0. The van der Waals surface area contributed by atoms with E-state index in [-0.39, 0.29) is 0 Å². The van der Waals surface area contributed by atoms with Crippen LogP contribution in [0, 0.1) is 10.1 Å². The van der Waals surface area contributed by atoms with Gasteiger partial charge in [-0.25, -0.2) is 13.6 Å². The minimum absolute atomic E-state index is 0.464. The van der Waals surface area contributed by atoms with Gasteiger partial charge < -0.3 is 10.1 Å². The Labute approximate surface area is 162 Å². The quantitative estimate of drug-likeness (QED) is 0.530. The van der Waals surface area contributed by atoms with E-state index in [1.807, 2.05) is 0 Å². The molecule has 0 saturated carbocycles. The second-order valence-corrected chi connectivity index (χ2v) is 7.29. The van der Waals surface area contributed by atoms with Crippen LogP contribution in [-0.2, 0) is 21.0 Å². The van der Waals surface area contributed by atoms with Crippen LogP contribution in [0.4, 0.5) is 24.5 Å². The molecular weight excluding hydrogens is 419 g/mol. The summed E-state index contributed by atoms with van der Waals surface area (Å²) >= 11 is 0. The molecule has 0 unspecified atom stereocenters. The predicted octanol–water partition coefficient (Wildman–Crippen LogP) is 2.67. The minimum Gasteiger partial charge on any atom is -0.474 e. The van der Waals surface area contributed by atoms with Gasteiger partial charge in [0.2, 0.25) is 10.0 Å². The molecule has 3 N–H and O–H groups in total. The molecule has 9 nitrogen and oxygen atoms in total. The molecule has 29 heavy (non-hydrogen) atoms. The molecule has 2 aromatic rings. The highest BCUT2D eigenvalue weighted by Gasteiger charge is 2.34. The van der Waals surface area contributed by atoms with Crippen LogP contribution in [0.5, 0.6) is 5.75 Å². The molecule has 1 atom stereocenters. The van der Waals surface area contributed by atoms with E-state index in [9.17, 15) is 36.5 Å². The van der Waals surface area contributed by atoms with Gasteiger partial charge >= 0.3 is 11.9 Å². The normalized spacial score (nSPS) is 12.9. The van der Waals surface area contributed by atoms with Crippen molar-refractivity contribution in [2.45, 2.75) is 24.1 Å². The average Bonchev–Trinajstić information content (AvgIpc) is 2.60. The number of nitrogens with zero attached hydrogens (tertiary/aromatic N) is 1. The number of amides is 1. The highest BCUT2D eigenvalue weighted by atomic mass is 32.2. The molecule has 0 saturated heterocycles. The maximum Gasteiger partial charge on any atom is 0.418 e. The Hall–Kier alpha value is -3.19. The number of nitrogens with two attached hydrogens (primary N) is 1. The summed E-state index contributed by atoms with van der Waals surface area (Å²) in [5, 5.41) is 18.1. The Morgan fingerprint density at radius 1 is 1.24 bits per heavy atom. The summed E-state index contributed by atoms with van der Waals surface area (Å²) in [5.74, 6) is -1.47. The van der Waals surface area contributed by atoms with Gasteiger partial charge in [0.1, 0.15) is 0 Å². The summed E-state index contributed by atoms with van der Waals surface area (Å²) in [6.45, 7) is 1.16. The molecule has 0 fully saturated rings. The topological polar surface area (TPSA) is 142 Å². The van der Waals surface area contributed by atoms with Gasteiger partial charge in [-0.15, -0.1) is 0 Å². The predicted molar refractivity (Wildman–Crippen MR) is 94.6 cm³/mol. The zero-order chi connectivity index (χ0) is 22.0. The van der Waals surface area contributed by atoms with Crippen LogP contribution in [0.25, 0.3) is 0 Å². The van der Waals surface area contributed by atoms with Gasteiger partial charge in [0.25, 0.3) is 5.91 Å². The summed E-state index contributed by atoms with van der Waals surface area (Å²) in [7, 11) is -4.23. The second kappa shape index (κ2) is 8.05. The molecule has 0 radical (unpaired) electrons. The number of anilines is 1. The van der Waals surface area contributed by atoms with Crippen molar-refractivity contribution in [2.24, 2.45) is 5.14 Å². The number of halogens is 3. The highest BCUT2D eigenvalue weighted by Crippen LogP contribution is 2.35. The van der Waals surface area contributed by atoms with Gasteiger partial charge in [-0.05, 0) is 31.2 Å². The maximum absolute atomic E-state index is 13.0. The standard InChI is InChI=1S/C16H14F3N3O6S/c1-9(15(23)21-12-5-3-2-4-11(12)16(17,18)19)28-14-7-6-10(29(20,26)27)8-13(14)22(24)25/h2-9H,1H3,(H,21,23)(H2,20,26,27)/t9-/m0/s1. The van der Waals surface area contributed by atoms with E-state index in [2.05, 4.69) is 5.32 Å². The number of benzene rings is 2. The molecule has 0 heterocycles. The number of carbonyl (C=O) groups excluding carboxylic acids is 1. The number of hydrogen-bond donors (Lipinski definition) is 2. The number of nitro groups is 1. The molecule has 13 heteroatoms. The zero-order valence-electron chi connectivity index (χ0n) is 14.6. The Morgan fingerprint density at radius 3 is 2.41 bits per heavy atom. The van der Waals surface area contributed by atoms with Crippen molar-refractivity contribution >= 4 is 27.3 Å². The van der Waals surface area contributed by atoms with Gasteiger partial charge in [0, 0.05) is 6.07 Å². The van der Waals surface area contributed by atoms with E-state index >= 15 is 0 Å².